The van der Waals surface area contributed by atoms with Crippen molar-refractivity contribution in [3.05, 3.63) is 59.4 Å². The lowest BCUT2D eigenvalue weighted by molar-refractivity contribution is -0.126. The van der Waals surface area contributed by atoms with Gasteiger partial charge in [-0.05, 0) is 56.9 Å². The Labute approximate surface area is 167 Å². The number of pyridine rings is 1. The summed E-state index contributed by atoms with van der Waals surface area (Å²) in [6, 6.07) is 9.02. The first kappa shape index (κ1) is 20.5. The molecular weight excluding hydrogens is 374 g/mol. The number of benzene rings is 1. The number of piperidine rings is 1. The summed E-state index contributed by atoms with van der Waals surface area (Å²) < 4.78 is 27.5. The fourth-order valence-corrected chi connectivity index (χ4v) is 5.31. The second-order valence-corrected chi connectivity index (χ2v) is 9.37. The van der Waals surface area contributed by atoms with E-state index in [1.54, 1.807) is 18.5 Å². The Bertz CT molecular complexity index is 937. The summed E-state index contributed by atoms with van der Waals surface area (Å²) in [6.45, 7) is 6.40. The highest BCUT2D eigenvalue weighted by Crippen LogP contribution is 2.26. The minimum atomic E-state index is -3.53. The maximum atomic E-state index is 13.0. The molecule has 1 fully saturated rings. The molecule has 1 aromatic heterocycles. The molecule has 1 atom stereocenters. The third-order valence-corrected chi connectivity index (χ3v) is 7.38. The summed E-state index contributed by atoms with van der Waals surface area (Å²) in [5.41, 5.74) is 2.74. The fraction of sp³-hybridized carbons (Fsp3) is 0.429. The van der Waals surface area contributed by atoms with E-state index in [9.17, 15) is 13.2 Å². The Hall–Kier alpha value is -2.25. The van der Waals surface area contributed by atoms with Crippen LogP contribution in [-0.4, -0.2) is 36.7 Å². The van der Waals surface area contributed by atoms with Crippen molar-refractivity contribution in [2.75, 3.05) is 13.1 Å². The van der Waals surface area contributed by atoms with Gasteiger partial charge >= 0.3 is 0 Å². The monoisotopic (exact) mass is 401 g/mol. The Kier molecular flexibility index (Phi) is 6.15. The zero-order valence-electron chi connectivity index (χ0n) is 16.6. The van der Waals surface area contributed by atoms with Crippen LogP contribution >= 0.6 is 0 Å². The summed E-state index contributed by atoms with van der Waals surface area (Å²) in [6.07, 6.45) is 4.49. The number of nitrogens with zero attached hydrogens (tertiary/aromatic N) is 2. The molecule has 3 rings (SSSR count). The van der Waals surface area contributed by atoms with Crippen molar-refractivity contribution in [2.24, 2.45) is 5.92 Å². The predicted molar refractivity (Wildman–Crippen MR) is 108 cm³/mol. The molecule has 6 nitrogen and oxygen atoms in total. The molecule has 0 radical (unpaired) electrons. The second-order valence-electron chi connectivity index (χ2n) is 7.46. The van der Waals surface area contributed by atoms with E-state index in [-0.39, 0.29) is 17.9 Å². The first-order chi connectivity index (χ1) is 13.3. The molecule has 1 aromatic carbocycles. The van der Waals surface area contributed by atoms with Crippen LogP contribution in [0.1, 0.15) is 42.5 Å². The number of amides is 1. The van der Waals surface area contributed by atoms with Gasteiger partial charge in [-0.3, -0.25) is 9.78 Å². The van der Waals surface area contributed by atoms with Gasteiger partial charge in [0.05, 0.1) is 10.9 Å². The fourth-order valence-electron chi connectivity index (χ4n) is 3.63. The van der Waals surface area contributed by atoms with Gasteiger partial charge in [0.25, 0.3) is 0 Å². The molecule has 150 valence electrons. The van der Waals surface area contributed by atoms with Crippen LogP contribution in [0, 0.1) is 19.8 Å². The highest BCUT2D eigenvalue weighted by atomic mass is 32.2. The molecule has 0 spiro atoms. The van der Waals surface area contributed by atoms with Crippen molar-refractivity contribution in [3.8, 4) is 0 Å². The number of carbonyl (C=O) groups excluding carboxylic acids is 1. The van der Waals surface area contributed by atoms with Gasteiger partial charge in [-0.15, -0.1) is 0 Å². The highest BCUT2D eigenvalue weighted by Gasteiger charge is 2.33. The lowest BCUT2D eigenvalue weighted by Crippen LogP contribution is -2.43. The van der Waals surface area contributed by atoms with Crippen LogP contribution in [0.15, 0.2) is 47.6 Å². The number of sulfonamides is 1. The number of hydrogen-bond acceptors (Lipinski definition) is 4. The predicted octanol–water partition coefficient (Wildman–Crippen LogP) is 2.98. The Morgan fingerprint density at radius 3 is 2.54 bits per heavy atom. The molecule has 0 aliphatic carbocycles. The largest absolute Gasteiger partial charge is 0.349 e. The van der Waals surface area contributed by atoms with Crippen LogP contribution in [0.2, 0.25) is 0 Å². The van der Waals surface area contributed by atoms with Crippen LogP contribution in [0.4, 0.5) is 0 Å². The van der Waals surface area contributed by atoms with Crippen molar-refractivity contribution < 1.29 is 13.2 Å². The molecular formula is C21H27N3O3S. The molecule has 2 heterocycles. The first-order valence-electron chi connectivity index (χ1n) is 9.56. The molecule has 1 saturated heterocycles. The minimum absolute atomic E-state index is 0.0279. The summed E-state index contributed by atoms with van der Waals surface area (Å²) >= 11 is 0. The van der Waals surface area contributed by atoms with Crippen LogP contribution in [0.5, 0.6) is 0 Å². The van der Waals surface area contributed by atoms with Crippen molar-refractivity contribution in [3.63, 3.8) is 0 Å². The number of hydrogen-bond donors (Lipinski definition) is 1. The van der Waals surface area contributed by atoms with Crippen LogP contribution in [0.3, 0.4) is 0 Å². The molecule has 1 N–H and O–H groups in total. The van der Waals surface area contributed by atoms with Crippen molar-refractivity contribution >= 4 is 15.9 Å². The van der Waals surface area contributed by atoms with Gasteiger partial charge in [-0.25, -0.2) is 8.42 Å². The van der Waals surface area contributed by atoms with E-state index < -0.39 is 10.0 Å². The van der Waals surface area contributed by atoms with E-state index in [0.29, 0.717) is 30.8 Å². The van der Waals surface area contributed by atoms with Gasteiger partial charge in [-0.1, -0.05) is 23.8 Å². The number of aromatic nitrogens is 1. The topological polar surface area (TPSA) is 79.4 Å². The molecule has 0 saturated carbocycles. The molecule has 2 aromatic rings. The number of rotatable bonds is 5. The standard InChI is InChI=1S/C21H27N3O3S/c1-15-6-7-20(16(2)13-15)28(26,27)24-11-8-18(9-12-24)21(25)23-17(3)19-5-4-10-22-14-19/h4-7,10,13-14,17-18H,8-9,11-12H2,1-3H3,(H,23,25). The van der Waals surface area contributed by atoms with Gasteiger partial charge in [0.15, 0.2) is 0 Å². The normalized spacial score (nSPS) is 17.2. The van der Waals surface area contributed by atoms with Gasteiger partial charge in [0.1, 0.15) is 0 Å². The average Bonchev–Trinajstić information content (AvgIpc) is 2.68. The van der Waals surface area contributed by atoms with Gasteiger partial charge in [0, 0.05) is 31.4 Å². The molecule has 28 heavy (non-hydrogen) atoms. The molecule has 1 aliphatic heterocycles. The SMILES string of the molecule is Cc1ccc(S(=O)(=O)N2CCC(C(=O)NC(C)c3cccnc3)CC2)c(C)c1. The van der Waals surface area contributed by atoms with E-state index in [4.69, 9.17) is 0 Å². The maximum Gasteiger partial charge on any atom is 0.243 e. The summed E-state index contributed by atoms with van der Waals surface area (Å²) in [7, 11) is -3.53. The van der Waals surface area contributed by atoms with E-state index in [1.165, 1.54) is 4.31 Å². The quantitative estimate of drug-likeness (QED) is 0.835. The van der Waals surface area contributed by atoms with Crippen LogP contribution in [0.25, 0.3) is 0 Å². The maximum absolute atomic E-state index is 13.0. The zero-order chi connectivity index (χ0) is 20.3. The van der Waals surface area contributed by atoms with E-state index >= 15 is 0 Å². The zero-order valence-corrected chi connectivity index (χ0v) is 17.4. The lowest BCUT2D eigenvalue weighted by Gasteiger charge is -2.31. The van der Waals surface area contributed by atoms with Gasteiger partial charge in [-0.2, -0.15) is 4.31 Å². The summed E-state index contributed by atoms with van der Waals surface area (Å²) in [4.78, 5) is 17.0. The Morgan fingerprint density at radius 1 is 1.21 bits per heavy atom. The average molecular weight is 402 g/mol. The molecule has 1 amide bonds. The second kappa shape index (κ2) is 8.41. The molecule has 1 aliphatic rings. The first-order valence-corrected chi connectivity index (χ1v) is 11.0. The van der Waals surface area contributed by atoms with Crippen molar-refractivity contribution in [1.82, 2.24) is 14.6 Å². The Balaban J connectivity index is 1.61. The third-order valence-electron chi connectivity index (χ3n) is 5.32. The van der Waals surface area contributed by atoms with Crippen molar-refractivity contribution in [1.29, 1.82) is 0 Å². The van der Waals surface area contributed by atoms with E-state index in [1.807, 2.05) is 45.0 Å². The summed E-state index contributed by atoms with van der Waals surface area (Å²) in [5, 5.41) is 3.02. The number of carbonyl (C=O) groups is 1. The van der Waals surface area contributed by atoms with Gasteiger partial charge in [0.2, 0.25) is 15.9 Å². The molecule has 7 heteroatoms. The number of nitrogens with one attached hydrogen (secondary N) is 1. The van der Waals surface area contributed by atoms with Crippen molar-refractivity contribution in [2.45, 2.75) is 44.6 Å². The Morgan fingerprint density at radius 2 is 1.93 bits per heavy atom. The lowest BCUT2D eigenvalue weighted by atomic mass is 9.96. The van der Waals surface area contributed by atoms with E-state index in [0.717, 1.165) is 16.7 Å². The third kappa shape index (κ3) is 4.42. The molecule has 1 unspecified atom stereocenters. The highest BCUT2D eigenvalue weighted by molar-refractivity contribution is 7.89. The number of aryl methyl sites for hydroxylation is 2. The van der Waals surface area contributed by atoms with Gasteiger partial charge < -0.3 is 5.32 Å². The summed E-state index contributed by atoms with van der Waals surface area (Å²) in [5.74, 6) is -0.204. The van der Waals surface area contributed by atoms with Crippen LogP contribution in [-0.2, 0) is 14.8 Å². The molecule has 0 bridgehead atoms. The van der Waals surface area contributed by atoms with Crippen LogP contribution < -0.4 is 5.32 Å². The smallest absolute Gasteiger partial charge is 0.243 e. The van der Waals surface area contributed by atoms with E-state index in [2.05, 4.69) is 10.3 Å². The minimum Gasteiger partial charge on any atom is -0.349 e.